The van der Waals surface area contributed by atoms with Crippen molar-refractivity contribution in [2.75, 3.05) is 20.2 Å². The highest BCUT2D eigenvalue weighted by atomic mass is 16.5. The van der Waals surface area contributed by atoms with Crippen LogP contribution in [0.15, 0.2) is 18.2 Å². The van der Waals surface area contributed by atoms with Gasteiger partial charge in [-0.25, -0.2) is 0 Å². The summed E-state index contributed by atoms with van der Waals surface area (Å²) in [5.74, 6) is 0.804. The van der Waals surface area contributed by atoms with E-state index in [0.717, 1.165) is 10.9 Å². The van der Waals surface area contributed by atoms with Crippen LogP contribution in [0.2, 0.25) is 0 Å². The number of methoxy groups -OCH3 is 1. The first-order chi connectivity index (χ1) is 12.8. The fourth-order valence-corrected chi connectivity index (χ4v) is 3.03. The van der Waals surface area contributed by atoms with Crippen LogP contribution in [-0.4, -0.2) is 46.6 Å². The molecule has 0 aliphatic carbocycles. The Hall–Kier alpha value is -2.37. The smallest absolute Gasteiger partial charge is 0.244 e. The lowest BCUT2D eigenvalue weighted by Gasteiger charge is -2.24. The van der Waals surface area contributed by atoms with Crippen molar-refractivity contribution in [3.63, 3.8) is 0 Å². The molecule has 0 atom stereocenters. The fourth-order valence-electron chi connectivity index (χ4n) is 3.03. The van der Waals surface area contributed by atoms with Gasteiger partial charge in [0, 0.05) is 30.5 Å². The van der Waals surface area contributed by atoms with Gasteiger partial charge in [0.15, 0.2) is 5.78 Å². The second kappa shape index (κ2) is 9.02. The molecule has 0 spiro atoms. The number of fused-ring (bicyclic) bond motifs is 1. The molecule has 0 saturated carbocycles. The van der Waals surface area contributed by atoms with Crippen molar-refractivity contribution in [1.82, 2.24) is 14.7 Å². The number of hydrogen-bond donors (Lipinski definition) is 0. The van der Waals surface area contributed by atoms with E-state index in [1.54, 1.807) is 17.9 Å². The highest BCUT2D eigenvalue weighted by molar-refractivity contribution is 6.07. The van der Waals surface area contributed by atoms with E-state index in [2.05, 4.69) is 25.9 Å². The van der Waals surface area contributed by atoms with E-state index in [0.29, 0.717) is 36.9 Å². The molecule has 2 rings (SSSR count). The minimum atomic E-state index is -0.169. The van der Waals surface area contributed by atoms with Crippen molar-refractivity contribution >= 4 is 22.6 Å². The van der Waals surface area contributed by atoms with Gasteiger partial charge in [-0.3, -0.25) is 14.3 Å². The largest absolute Gasteiger partial charge is 0.497 e. The first-order valence-corrected chi connectivity index (χ1v) is 9.44. The van der Waals surface area contributed by atoms with Gasteiger partial charge in [-0.2, -0.15) is 5.10 Å². The maximum atomic E-state index is 12.9. The molecule has 0 aliphatic rings. The molecule has 0 N–H and O–H groups in total. The summed E-state index contributed by atoms with van der Waals surface area (Å²) in [6.07, 6.45) is 0.656. The first kappa shape index (κ1) is 20.9. The number of amides is 1. The zero-order chi connectivity index (χ0) is 20.1. The van der Waals surface area contributed by atoms with Gasteiger partial charge in [0.2, 0.25) is 5.91 Å². The number of rotatable bonds is 9. The summed E-state index contributed by atoms with van der Waals surface area (Å²) in [4.78, 5) is 27.3. The van der Waals surface area contributed by atoms with E-state index in [1.807, 2.05) is 30.9 Å². The molecule has 1 radical (unpaired) electrons. The molecular weight excluding hydrogens is 342 g/mol. The normalized spacial score (nSPS) is 11.4. The molecule has 6 nitrogen and oxygen atoms in total. The Balaban J connectivity index is 2.44. The average molecular weight is 372 g/mol. The quantitative estimate of drug-likeness (QED) is 0.631. The van der Waals surface area contributed by atoms with Crippen LogP contribution in [0, 0.1) is 18.8 Å². The number of aromatic nitrogens is 2. The zero-order valence-corrected chi connectivity index (χ0v) is 17.0. The number of ketones is 1. The van der Waals surface area contributed by atoms with Crippen molar-refractivity contribution in [2.45, 2.75) is 40.7 Å². The lowest BCUT2D eigenvalue weighted by atomic mass is 10.0. The van der Waals surface area contributed by atoms with Gasteiger partial charge in [0.25, 0.3) is 0 Å². The molecule has 0 fully saturated rings. The number of Topliss-reactive ketones (excluding diaryl/α,β-unsaturated/α-hetero) is 1. The Morgan fingerprint density at radius 2 is 1.96 bits per heavy atom. The fraction of sp³-hybridized carbons (Fsp3) is 0.524. The third-order valence-electron chi connectivity index (χ3n) is 4.37. The predicted octanol–water partition coefficient (Wildman–Crippen LogP) is 3.59. The van der Waals surface area contributed by atoms with Gasteiger partial charge in [0.05, 0.1) is 12.6 Å². The summed E-state index contributed by atoms with van der Waals surface area (Å²) in [5.41, 5.74) is 1.13. The summed E-state index contributed by atoms with van der Waals surface area (Å²) in [5, 5.41) is 5.24. The van der Waals surface area contributed by atoms with E-state index in [1.165, 1.54) is 0 Å². The highest BCUT2D eigenvalue weighted by Crippen LogP contribution is 2.25. The zero-order valence-electron chi connectivity index (χ0n) is 17.0. The average Bonchev–Trinajstić information content (AvgIpc) is 2.97. The van der Waals surface area contributed by atoms with Gasteiger partial charge in [0.1, 0.15) is 18.0 Å². The molecule has 0 aliphatic heterocycles. The first-order valence-electron chi connectivity index (χ1n) is 9.44. The van der Waals surface area contributed by atoms with Crippen LogP contribution in [-0.2, 0) is 11.3 Å². The molecule has 0 saturated heterocycles. The summed E-state index contributed by atoms with van der Waals surface area (Å²) < 4.78 is 6.93. The van der Waals surface area contributed by atoms with E-state index in [4.69, 9.17) is 4.74 Å². The molecule has 1 amide bonds. The Morgan fingerprint density at radius 3 is 2.52 bits per heavy atom. The van der Waals surface area contributed by atoms with Gasteiger partial charge >= 0.3 is 0 Å². The third kappa shape index (κ3) is 4.87. The molecule has 27 heavy (non-hydrogen) atoms. The molecule has 0 unspecified atom stereocenters. The maximum Gasteiger partial charge on any atom is 0.244 e. The Bertz CT molecular complexity index is 808. The minimum absolute atomic E-state index is 0.0249. The number of nitrogens with zero attached hydrogens (tertiary/aromatic N) is 3. The van der Waals surface area contributed by atoms with E-state index >= 15 is 0 Å². The van der Waals surface area contributed by atoms with E-state index in [-0.39, 0.29) is 24.2 Å². The van der Waals surface area contributed by atoms with Crippen molar-refractivity contribution < 1.29 is 14.3 Å². The summed E-state index contributed by atoms with van der Waals surface area (Å²) >= 11 is 0. The number of hydrogen-bond acceptors (Lipinski definition) is 4. The van der Waals surface area contributed by atoms with Crippen LogP contribution in [0.4, 0.5) is 0 Å². The van der Waals surface area contributed by atoms with Gasteiger partial charge < -0.3 is 9.64 Å². The van der Waals surface area contributed by atoms with Gasteiger partial charge in [-0.05, 0) is 24.5 Å². The van der Waals surface area contributed by atoms with Gasteiger partial charge in [-0.15, -0.1) is 0 Å². The molecule has 0 bridgehead atoms. The summed E-state index contributed by atoms with van der Waals surface area (Å²) in [7, 11) is 1.59. The number of ether oxygens (including phenoxy) is 1. The van der Waals surface area contributed by atoms with Gasteiger partial charge in [-0.1, -0.05) is 34.6 Å². The molecule has 1 aromatic carbocycles. The van der Waals surface area contributed by atoms with Crippen LogP contribution in [0.5, 0.6) is 5.75 Å². The third-order valence-corrected chi connectivity index (χ3v) is 4.37. The monoisotopic (exact) mass is 372 g/mol. The second-order valence-corrected chi connectivity index (χ2v) is 7.50. The molecule has 147 valence electrons. The number of carbonyl (C=O) groups is 2. The number of benzene rings is 1. The van der Waals surface area contributed by atoms with Crippen LogP contribution < -0.4 is 4.74 Å². The van der Waals surface area contributed by atoms with Crippen LogP contribution >= 0.6 is 0 Å². The Morgan fingerprint density at radius 1 is 1.26 bits per heavy atom. The minimum Gasteiger partial charge on any atom is -0.497 e. The molecular formula is C21H30N3O3. The maximum absolute atomic E-state index is 12.9. The van der Waals surface area contributed by atoms with Crippen LogP contribution in [0.3, 0.4) is 0 Å². The molecule has 2 aromatic rings. The van der Waals surface area contributed by atoms with Crippen molar-refractivity contribution in [1.29, 1.82) is 0 Å². The highest BCUT2D eigenvalue weighted by Gasteiger charge is 2.22. The summed E-state index contributed by atoms with van der Waals surface area (Å²) in [6, 6.07) is 5.46. The predicted molar refractivity (Wildman–Crippen MR) is 107 cm³/mol. The molecule has 1 heterocycles. The van der Waals surface area contributed by atoms with Crippen LogP contribution in [0.25, 0.3) is 10.9 Å². The lowest BCUT2D eigenvalue weighted by Crippen LogP contribution is -2.37. The van der Waals surface area contributed by atoms with E-state index in [9.17, 15) is 9.59 Å². The van der Waals surface area contributed by atoms with Crippen molar-refractivity contribution in [3.05, 3.63) is 30.8 Å². The van der Waals surface area contributed by atoms with E-state index < -0.39 is 0 Å². The topological polar surface area (TPSA) is 64.4 Å². The SMILES string of the molecule is [CH2]CCN(CC(C)C)C(=O)Cn1nc(C(=O)C(C)C)c2ccc(OC)cc21. The number of carbonyl (C=O) groups excluding carboxylic acids is 2. The van der Waals surface area contributed by atoms with Crippen molar-refractivity contribution in [3.8, 4) is 5.75 Å². The second-order valence-electron chi connectivity index (χ2n) is 7.50. The molecule has 1 aromatic heterocycles. The summed E-state index contributed by atoms with van der Waals surface area (Å²) in [6.45, 7) is 13.1. The van der Waals surface area contributed by atoms with Crippen molar-refractivity contribution in [2.24, 2.45) is 11.8 Å². The Kier molecular flexibility index (Phi) is 6.99. The molecule has 6 heteroatoms. The Labute approximate surface area is 161 Å². The van der Waals surface area contributed by atoms with Crippen LogP contribution in [0.1, 0.15) is 44.6 Å². The standard InChI is InChI=1S/C21H30N3O3/c1-7-10-23(12-14(2)3)19(25)13-24-18-11-16(27-6)8-9-17(18)20(22-24)21(26)15(4)5/h8-9,11,14-15H,1,7,10,12-13H2,2-6H3. The lowest BCUT2D eigenvalue weighted by molar-refractivity contribution is -0.132.